The largest absolute Gasteiger partial charge is 0.495 e. The van der Waals surface area contributed by atoms with E-state index in [9.17, 15) is 14.9 Å². The van der Waals surface area contributed by atoms with Crippen molar-refractivity contribution in [2.24, 2.45) is 0 Å². The van der Waals surface area contributed by atoms with E-state index in [1.54, 1.807) is 44.5 Å². The number of benzene rings is 2. The first-order valence-corrected chi connectivity index (χ1v) is 10.4. The molecule has 166 valence electrons. The number of anilines is 2. The van der Waals surface area contributed by atoms with Crippen LogP contribution in [0.3, 0.4) is 0 Å². The Balaban J connectivity index is 1.67. The molecule has 0 saturated carbocycles. The van der Waals surface area contributed by atoms with Gasteiger partial charge in [-0.1, -0.05) is 24.3 Å². The first-order valence-electron chi connectivity index (χ1n) is 10.4. The Hall–Kier alpha value is -3.99. The van der Waals surface area contributed by atoms with Crippen molar-refractivity contribution in [3.8, 4) is 11.8 Å². The van der Waals surface area contributed by atoms with E-state index in [1.807, 2.05) is 35.2 Å². The molecule has 0 unspecified atom stereocenters. The molecule has 3 rings (SSSR count). The molecule has 1 N–H and O–H groups in total. The number of carbonyl (C=O) groups is 2. The third-order valence-corrected chi connectivity index (χ3v) is 5.09. The monoisotopic (exact) mass is 434 g/mol. The van der Waals surface area contributed by atoms with E-state index in [4.69, 9.17) is 9.47 Å². The average Bonchev–Trinajstić information content (AvgIpc) is 2.83. The number of hydrogen-bond acceptors (Lipinski definition) is 7. The lowest BCUT2D eigenvalue weighted by molar-refractivity contribution is -0.112. The highest BCUT2D eigenvalue weighted by atomic mass is 16.5. The van der Waals surface area contributed by atoms with E-state index in [1.165, 1.54) is 0 Å². The number of hydrogen-bond donors (Lipinski definition) is 1. The van der Waals surface area contributed by atoms with Crippen molar-refractivity contribution in [2.45, 2.75) is 6.92 Å². The SMILES string of the molecule is CCOC(=O)c1ccccc1NC(=O)/C(C#N)=C\N1CCN(c2ccccc2OC)CC1. The summed E-state index contributed by atoms with van der Waals surface area (Å²) in [6.07, 6.45) is 1.57. The van der Waals surface area contributed by atoms with Gasteiger partial charge >= 0.3 is 5.97 Å². The zero-order chi connectivity index (χ0) is 22.9. The molecule has 1 fully saturated rings. The highest BCUT2D eigenvalue weighted by Gasteiger charge is 2.21. The Kier molecular flexibility index (Phi) is 7.70. The second kappa shape index (κ2) is 10.9. The second-order valence-electron chi connectivity index (χ2n) is 7.07. The lowest BCUT2D eigenvalue weighted by Crippen LogP contribution is -2.44. The molecular weight excluding hydrogens is 408 g/mol. The van der Waals surface area contributed by atoms with Crippen LogP contribution in [0.1, 0.15) is 17.3 Å². The maximum Gasteiger partial charge on any atom is 0.340 e. The van der Waals surface area contributed by atoms with Crippen LogP contribution in [0.15, 0.2) is 60.3 Å². The third-order valence-electron chi connectivity index (χ3n) is 5.09. The van der Waals surface area contributed by atoms with Crippen LogP contribution in [0.5, 0.6) is 5.75 Å². The van der Waals surface area contributed by atoms with Crippen molar-refractivity contribution in [3.05, 3.63) is 65.9 Å². The smallest absolute Gasteiger partial charge is 0.340 e. The molecule has 0 bridgehead atoms. The van der Waals surface area contributed by atoms with Gasteiger partial charge < -0.3 is 24.6 Å². The van der Waals surface area contributed by atoms with Crippen LogP contribution >= 0.6 is 0 Å². The summed E-state index contributed by atoms with van der Waals surface area (Å²) in [5.74, 6) is -0.288. The molecular formula is C24H26N4O4. The Morgan fingerprint density at radius 3 is 2.47 bits per heavy atom. The topological polar surface area (TPSA) is 94.9 Å². The predicted octanol–water partition coefficient (Wildman–Crippen LogP) is 3.04. The van der Waals surface area contributed by atoms with Gasteiger partial charge in [0.25, 0.3) is 5.91 Å². The summed E-state index contributed by atoms with van der Waals surface area (Å²) in [6.45, 7) is 4.69. The van der Waals surface area contributed by atoms with Crippen molar-refractivity contribution < 1.29 is 19.1 Å². The van der Waals surface area contributed by atoms with Gasteiger partial charge in [-0.3, -0.25) is 4.79 Å². The molecule has 2 aromatic rings. The lowest BCUT2D eigenvalue weighted by atomic mass is 10.1. The van der Waals surface area contributed by atoms with Gasteiger partial charge in [0.2, 0.25) is 0 Å². The van der Waals surface area contributed by atoms with Gasteiger partial charge in [-0.25, -0.2) is 4.79 Å². The number of piperazine rings is 1. The number of nitrogens with one attached hydrogen (secondary N) is 1. The number of nitrogens with zero attached hydrogens (tertiary/aromatic N) is 3. The lowest BCUT2D eigenvalue weighted by Gasteiger charge is -2.36. The van der Waals surface area contributed by atoms with E-state index in [0.717, 1.165) is 24.5 Å². The minimum absolute atomic E-state index is 0.0330. The fraction of sp³-hybridized carbons (Fsp3) is 0.292. The quantitative estimate of drug-likeness (QED) is 0.407. The summed E-state index contributed by atoms with van der Waals surface area (Å²) in [7, 11) is 1.65. The van der Waals surface area contributed by atoms with Gasteiger partial charge in [0.05, 0.1) is 30.7 Å². The van der Waals surface area contributed by atoms with Crippen molar-refractivity contribution in [1.82, 2.24) is 4.90 Å². The van der Waals surface area contributed by atoms with Gasteiger partial charge in [0.15, 0.2) is 0 Å². The number of amides is 1. The fourth-order valence-electron chi connectivity index (χ4n) is 3.47. The Morgan fingerprint density at radius 1 is 1.09 bits per heavy atom. The predicted molar refractivity (Wildman–Crippen MR) is 122 cm³/mol. The van der Waals surface area contributed by atoms with Crippen molar-refractivity contribution in [2.75, 3.05) is 50.1 Å². The molecule has 1 saturated heterocycles. The van der Waals surface area contributed by atoms with E-state index >= 15 is 0 Å². The van der Waals surface area contributed by atoms with Crippen molar-refractivity contribution in [1.29, 1.82) is 5.26 Å². The van der Waals surface area contributed by atoms with Crippen LogP contribution in [0.4, 0.5) is 11.4 Å². The van der Waals surface area contributed by atoms with Crippen LogP contribution in [-0.4, -0.2) is 56.7 Å². The average molecular weight is 434 g/mol. The summed E-state index contributed by atoms with van der Waals surface area (Å²) in [5.41, 5.74) is 1.53. The summed E-state index contributed by atoms with van der Waals surface area (Å²) in [6, 6.07) is 16.4. The van der Waals surface area contributed by atoms with E-state index in [-0.39, 0.29) is 17.7 Å². The van der Waals surface area contributed by atoms with Crippen LogP contribution in [-0.2, 0) is 9.53 Å². The minimum Gasteiger partial charge on any atom is -0.495 e. The molecule has 0 spiro atoms. The standard InChI is InChI=1S/C24H26N4O4/c1-3-32-24(30)19-8-4-5-9-20(19)26-23(29)18(16-25)17-27-12-14-28(15-13-27)21-10-6-7-11-22(21)31-2/h4-11,17H,3,12-15H2,1-2H3,(H,26,29)/b18-17-. The Bertz CT molecular complexity index is 1040. The zero-order valence-electron chi connectivity index (χ0n) is 18.2. The minimum atomic E-state index is -0.573. The molecule has 0 radical (unpaired) electrons. The maximum atomic E-state index is 12.7. The summed E-state index contributed by atoms with van der Waals surface area (Å²) in [5, 5.41) is 12.2. The highest BCUT2D eigenvalue weighted by molar-refractivity contribution is 6.09. The molecule has 8 heteroatoms. The number of esters is 1. The molecule has 1 aliphatic heterocycles. The van der Waals surface area contributed by atoms with Gasteiger partial charge in [0.1, 0.15) is 17.4 Å². The van der Waals surface area contributed by atoms with E-state index in [0.29, 0.717) is 18.8 Å². The normalized spacial score (nSPS) is 13.8. The number of ether oxygens (including phenoxy) is 2. The number of nitriles is 1. The Morgan fingerprint density at radius 2 is 1.78 bits per heavy atom. The Labute approximate surface area is 187 Å². The summed E-state index contributed by atoms with van der Waals surface area (Å²) >= 11 is 0. The first-order chi connectivity index (χ1) is 15.6. The first kappa shape index (κ1) is 22.7. The van der Waals surface area contributed by atoms with Crippen molar-refractivity contribution >= 4 is 23.3 Å². The van der Waals surface area contributed by atoms with Gasteiger partial charge in [-0.05, 0) is 31.2 Å². The van der Waals surface area contributed by atoms with Crippen LogP contribution in [0, 0.1) is 11.3 Å². The molecule has 0 aliphatic carbocycles. The molecule has 1 aliphatic rings. The highest BCUT2D eigenvalue weighted by Crippen LogP contribution is 2.28. The third kappa shape index (κ3) is 5.38. The molecule has 8 nitrogen and oxygen atoms in total. The van der Waals surface area contributed by atoms with Crippen LogP contribution < -0.4 is 15.0 Å². The maximum absolute atomic E-state index is 12.7. The van der Waals surface area contributed by atoms with E-state index in [2.05, 4.69) is 10.2 Å². The summed E-state index contributed by atoms with van der Waals surface area (Å²) < 4.78 is 10.5. The number of carbonyl (C=O) groups excluding carboxylic acids is 2. The van der Waals surface area contributed by atoms with Gasteiger partial charge in [-0.2, -0.15) is 5.26 Å². The molecule has 0 atom stereocenters. The van der Waals surface area contributed by atoms with Gasteiger partial charge in [-0.15, -0.1) is 0 Å². The second-order valence-corrected chi connectivity index (χ2v) is 7.07. The number of para-hydroxylation sites is 3. The molecule has 1 amide bonds. The zero-order valence-corrected chi connectivity index (χ0v) is 18.2. The summed E-state index contributed by atoms with van der Waals surface area (Å²) in [4.78, 5) is 29.0. The number of methoxy groups -OCH3 is 1. The fourth-order valence-corrected chi connectivity index (χ4v) is 3.47. The van der Waals surface area contributed by atoms with E-state index < -0.39 is 11.9 Å². The molecule has 0 aromatic heterocycles. The number of rotatable bonds is 7. The van der Waals surface area contributed by atoms with Crippen LogP contribution in [0.25, 0.3) is 0 Å². The molecule has 32 heavy (non-hydrogen) atoms. The molecule has 2 aromatic carbocycles. The van der Waals surface area contributed by atoms with Crippen molar-refractivity contribution in [3.63, 3.8) is 0 Å². The molecule has 1 heterocycles. The van der Waals surface area contributed by atoms with Crippen LogP contribution in [0.2, 0.25) is 0 Å². The van der Waals surface area contributed by atoms with Gasteiger partial charge in [0, 0.05) is 32.4 Å².